The van der Waals surface area contributed by atoms with Crippen molar-refractivity contribution in [3.05, 3.63) is 53.6 Å². The van der Waals surface area contributed by atoms with Crippen LogP contribution < -0.4 is 10.2 Å². The molecule has 2 aromatic carbocycles. The molecule has 0 radical (unpaired) electrons. The lowest BCUT2D eigenvalue weighted by molar-refractivity contribution is 0.102. The van der Waals surface area contributed by atoms with E-state index in [1.165, 1.54) is 31.2 Å². The first kappa shape index (κ1) is 20.8. The van der Waals surface area contributed by atoms with Crippen molar-refractivity contribution in [2.75, 3.05) is 44.4 Å². The largest absolute Gasteiger partial charge is 0.350 e. The average molecular weight is 423 g/mol. The number of carbonyl (C=O) groups excluding carboxylic acids is 1. The molecule has 0 unspecified atom stereocenters. The number of amides is 1. The maximum atomic E-state index is 12.8. The van der Waals surface area contributed by atoms with Gasteiger partial charge in [0.1, 0.15) is 0 Å². The summed E-state index contributed by atoms with van der Waals surface area (Å²) in [4.78, 5) is 21.9. The van der Waals surface area contributed by atoms with Gasteiger partial charge in [0.2, 0.25) is 0 Å². The predicted molar refractivity (Wildman–Crippen MR) is 127 cm³/mol. The molecule has 30 heavy (non-hydrogen) atoms. The van der Waals surface area contributed by atoms with E-state index in [0.29, 0.717) is 5.92 Å². The molecule has 158 valence electrons. The third-order valence-corrected chi connectivity index (χ3v) is 6.95. The van der Waals surface area contributed by atoms with E-state index >= 15 is 0 Å². The summed E-state index contributed by atoms with van der Waals surface area (Å²) in [6.45, 7) is 1.90. The molecule has 1 aliphatic rings. The minimum Gasteiger partial charge on any atom is -0.350 e. The highest BCUT2D eigenvalue weighted by Crippen LogP contribution is 2.34. The van der Waals surface area contributed by atoms with Crippen LogP contribution in [0.5, 0.6) is 0 Å². The van der Waals surface area contributed by atoms with Crippen molar-refractivity contribution in [2.45, 2.75) is 31.6 Å². The third-order valence-electron chi connectivity index (χ3n) is 5.82. The number of aromatic nitrogens is 1. The van der Waals surface area contributed by atoms with Crippen LogP contribution in [0.3, 0.4) is 0 Å². The Bertz CT molecular complexity index is 1020. The summed E-state index contributed by atoms with van der Waals surface area (Å²) >= 11 is 1.66. The lowest BCUT2D eigenvalue weighted by Crippen LogP contribution is -2.28. The summed E-state index contributed by atoms with van der Waals surface area (Å²) < 4.78 is 1.08. The number of nitrogens with one attached hydrogen (secondary N) is 1. The van der Waals surface area contributed by atoms with E-state index in [1.807, 2.05) is 30.3 Å². The topological polar surface area (TPSA) is 48.5 Å². The Hall–Kier alpha value is -2.44. The molecule has 1 N–H and O–H groups in total. The number of carbonyl (C=O) groups is 1. The van der Waals surface area contributed by atoms with Gasteiger partial charge in [0.05, 0.1) is 10.2 Å². The van der Waals surface area contributed by atoms with Crippen LogP contribution in [0, 0.1) is 0 Å². The Labute approximate surface area is 182 Å². The first-order chi connectivity index (χ1) is 14.5. The van der Waals surface area contributed by atoms with Crippen LogP contribution in [0.2, 0.25) is 0 Å². The van der Waals surface area contributed by atoms with Gasteiger partial charge in [-0.25, -0.2) is 4.98 Å². The molecule has 0 bridgehead atoms. The zero-order chi connectivity index (χ0) is 21.1. The van der Waals surface area contributed by atoms with Crippen molar-refractivity contribution in [1.29, 1.82) is 0 Å². The molecule has 1 aliphatic carbocycles. The molecule has 4 rings (SSSR count). The number of thiazole rings is 1. The van der Waals surface area contributed by atoms with Gasteiger partial charge in [0.15, 0.2) is 5.13 Å². The first-order valence-electron chi connectivity index (χ1n) is 10.7. The van der Waals surface area contributed by atoms with Crippen LogP contribution in [-0.4, -0.2) is 50.0 Å². The molecule has 1 heterocycles. The second kappa shape index (κ2) is 9.14. The number of nitrogens with zero attached hydrogens (tertiary/aromatic N) is 3. The minimum atomic E-state index is -0.0537. The van der Waals surface area contributed by atoms with E-state index in [2.05, 4.69) is 48.4 Å². The molecule has 0 aliphatic heterocycles. The SMILES string of the molecule is CN(C)CCN(C)c1nc2ccc(NC(=O)c3cccc(C4CCCC4)c3)cc2s1. The van der Waals surface area contributed by atoms with Crippen molar-refractivity contribution < 1.29 is 4.79 Å². The van der Waals surface area contributed by atoms with Crippen molar-refractivity contribution in [3.8, 4) is 0 Å². The molecule has 1 fully saturated rings. The van der Waals surface area contributed by atoms with Crippen molar-refractivity contribution in [3.63, 3.8) is 0 Å². The van der Waals surface area contributed by atoms with Gasteiger partial charge in [-0.2, -0.15) is 0 Å². The van der Waals surface area contributed by atoms with Gasteiger partial charge in [0.25, 0.3) is 5.91 Å². The van der Waals surface area contributed by atoms with E-state index in [-0.39, 0.29) is 5.91 Å². The van der Waals surface area contributed by atoms with Gasteiger partial charge in [-0.15, -0.1) is 0 Å². The zero-order valence-corrected chi connectivity index (χ0v) is 18.8. The highest BCUT2D eigenvalue weighted by Gasteiger charge is 2.18. The maximum Gasteiger partial charge on any atom is 0.255 e. The van der Waals surface area contributed by atoms with E-state index in [0.717, 1.165) is 39.7 Å². The van der Waals surface area contributed by atoms with Crippen LogP contribution in [0.1, 0.15) is 47.5 Å². The molecule has 5 nitrogen and oxygen atoms in total. The highest BCUT2D eigenvalue weighted by molar-refractivity contribution is 7.22. The number of hydrogen-bond acceptors (Lipinski definition) is 5. The Morgan fingerprint density at radius 1 is 1.10 bits per heavy atom. The fraction of sp³-hybridized carbons (Fsp3) is 0.417. The van der Waals surface area contributed by atoms with Gasteiger partial charge < -0.3 is 15.1 Å². The average Bonchev–Trinajstić information content (AvgIpc) is 3.41. The van der Waals surface area contributed by atoms with E-state index in [9.17, 15) is 4.79 Å². The molecule has 0 atom stereocenters. The first-order valence-corrected chi connectivity index (χ1v) is 11.5. The maximum absolute atomic E-state index is 12.8. The fourth-order valence-electron chi connectivity index (χ4n) is 4.00. The summed E-state index contributed by atoms with van der Waals surface area (Å²) in [6, 6.07) is 14.1. The summed E-state index contributed by atoms with van der Waals surface area (Å²) in [7, 11) is 6.22. The second-order valence-corrected chi connectivity index (χ2v) is 9.47. The normalized spacial score (nSPS) is 14.5. The van der Waals surface area contributed by atoms with Gasteiger partial charge in [-0.1, -0.05) is 36.3 Å². The van der Waals surface area contributed by atoms with Crippen molar-refractivity contribution in [1.82, 2.24) is 9.88 Å². The lowest BCUT2D eigenvalue weighted by Gasteiger charge is -2.18. The molecular weight excluding hydrogens is 392 g/mol. The van der Waals surface area contributed by atoms with Crippen LogP contribution in [-0.2, 0) is 0 Å². The molecule has 1 aromatic heterocycles. The Morgan fingerprint density at radius 2 is 1.90 bits per heavy atom. The van der Waals surface area contributed by atoms with Crippen molar-refractivity contribution in [2.24, 2.45) is 0 Å². The number of benzene rings is 2. The van der Waals surface area contributed by atoms with Gasteiger partial charge in [-0.3, -0.25) is 4.79 Å². The number of anilines is 2. The quantitative estimate of drug-likeness (QED) is 0.568. The van der Waals surface area contributed by atoms with Gasteiger partial charge >= 0.3 is 0 Å². The zero-order valence-electron chi connectivity index (χ0n) is 18.0. The molecule has 1 saturated carbocycles. The summed E-state index contributed by atoms with van der Waals surface area (Å²) in [5.74, 6) is 0.552. The smallest absolute Gasteiger partial charge is 0.255 e. The van der Waals surface area contributed by atoms with Crippen molar-refractivity contribution >= 4 is 38.3 Å². The Kier molecular flexibility index (Phi) is 6.35. The Balaban J connectivity index is 1.47. The number of hydrogen-bond donors (Lipinski definition) is 1. The molecule has 0 spiro atoms. The van der Waals surface area contributed by atoms with Crippen LogP contribution >= 0.6 is 11.3 Å². The standard InChI is InChI=1S/C24H30N4OS/c1-27(2)13-14-28(3)24-26-21-12-11-20(16-22(21)30-24)25-23(29)19-10-6-9-18(15-19)17-7-4-5-8-17/h6,9-12,15-17H,4-5,7-8,13-14H2,1-3H3,(H,25,29). The number of fused-ring (bicyclic) bond motifs is 1. The van der Waals surface area contributed by atoms with E-state index < -0.39 is 0 Å². The van der Waals surface area contributed by atoms with Crippen LogP contribution in [0.4, 0.5) is 10.8 Å². The predicted octanol–water partition coefficient (Wildman–Crippen LogP) is 5.20. The lowest BCUT2D eigenvalue weighted by atomic mass is 9.96. The highest BCUT2D eigenvalue weighted by atomic mass is 32.1. The van der Waals surface area contributed by atoms with Gasteiger partial charge in [-0.05, 0) is 68.8 Å². The molecule has 0 saturated heterocycles. The van der Waals surface area contributed by atoms with Crippen LogP contribution in [0.25, 0.3) is 10.2 Å². The summed E-state index contributed by atoms with van der Waals surface area (Å²) in [5, 5.41) is 4.07. The van der Waals surface area contributed by atoms with E-state index in [4.69, 9.17) is 4.98 Å². The fourth-order valence-corrected chi connectivity index (χ4v) is 4.99. The molecular formula is C24H30N4OS. The summed E-state index contributed by atoms with van der Waals surface area (Å²) in [6.07, 6.45) is 5.06. The minimum absolute atomic E-state index is 0.0537. The van der Waals surface area contributed by atoms with Gasteiger partial charge in [0, 0.05) is 31.4 Å². The monoisotopic (exact) mass is 422 g/mol. The molecule has 1 amide bonds. The number of rotatable bonds is 7. The third kappa shape index (κ3) is 4.82. The molecule has 6 heteroatoms. The number of likely N-dealkylation sites (N-methyl/N-ethyl adjacent to an activating group) is 2. The Morgan fingerprint density at radius 3 is 2.67 bits per heavy atom. The second-order valence-electron chi connectivity index (χ2n) is 8.46. The van der Waals surface area contributed by atoms with E-state index in [1.54, 1.807) is 11.3 Å². The summed E-state index contributed by atoms with van der Waals surface area (Å²) in [5.41, 5.74) is 3.80. The van der Waals surface area contributed by atoms with Crippen LogP contribution in [0.15, 0.2) is 42.5 Å². The molecule has 3 aromatic rings.